The molecule has 1 aliphatic rings. The maximum Gasteiger partial charge on any atom is 0.223 e. The Kier molecular flexibility index (Phi) is 9.76. The highest BCUT2D eigenvalue weighted by molar-refractivity contribution is 5.83. The van der Waals surface area contributed by atoms with Crippen LogP contribution in [-0.2, 0) is 16.0 Å². The summed E-state index contributed by atoms with van der Waals surface area (Å²) in [7, 11) is 3.20. The summed E-state index contributed by atoms with van der Waals surface area (Å²) >= 11 is 0. The van der Waals surface area contributed by atoms with Crippen molar-refractivity contribution in [2.75, 3.05) is 46.9 Å². The van der Waals surface area contributed by atoms with Crippen molar-refractivity contribution < 1.29 is 19.1 Å². The molecule has 0 saturated carbocycles. The number of carbonyl (C=O) groups excluding carboxylic acids is 2. The van der Waals surface area contributed by atoms with Crippen molar-refractivity contribution in [1.82, 2.24) is 15.1 Å². The summed E-state index contributed by atoms with van der Waals surface area (Å²) in [6.07, 6.45) is 1.09. The third-order valence-electron chi connectivity index (χ3n) is 7.01. The summed E-state index contributed by atoms with van der Waals surface area (Å²) in [6, 6.07) is 26.9. The predicted octanol–water partition coefficient (Wildman–Crippen LogP) is 4.08. The quantitative estimate of drug-likeness (QED) is 0.417. The third-order valence-corrected chi connectivity index (χ3v) is 7.01. The summed E-state index contributed by atoms with van der Waals surface area (Å²) < 4.78 is 10.6. The molecule has 38 heavy (non-hydrogen) atoms. The first-order valence-corrected chi connectivity index (χ1v) is 13.2. The molecule has 200 valence electrons. The average molecular weight is 516 g/mol. The molecule has 1 fully saturated rings. The lowest BCUT2D eigenvalue weighted by Crippen LogP contribution is -2.50. The minimum Gasteiger partial charge on any atom is -0.493 e. The fraction of sp³-hybridized carbons (Fsp3) is 0.355. The Morgan fingerprint density at radius 2 is 1.39 bits per heavy atom. The van der Waals surface area contributed by atoms with Gasteiger partial charge < -0.3 is 19.7 Å². The van der Waals surface area contributed by atoms with Gasteiger partial charge in [-0.2, -0.15) is 0 Å². The maximum absolute atomic E-state index is 12.8. The van der Waals surface area contributed by atoms with Gasteiger partial charge in [0.2, 0.25) is 11.8 Å². The van der Waals surface area contributed by atoms with Crippen LogP contribution in [0.15, 0.2) is 78.9 Å². The molecule has 1 N–H and O–H groups in total. The number of nitrogens with one attached hydrogen (secondary N) is 1. The van der Waals surface area contributed by atoms with Crippen LogP contribution in [0.5, 0.6) is 11.5 Å². The average Bonchev–Trinajstić information content (AvgIpc) is 2.97. The lowest BCUT2D eigenvalue weighted by atomic mass is 9.96. The van der Waals surface area contributed by atoms with Gasteiger partial charge in [0.15, 0.2) is 11.5 Å². The molecule has 0 aromatic heterocycles. The zero-order valence-corrected chi connectivity index (χ0v) is 22.3. The van der Waals surface area contributed by atoms with Crippen molar-refractivity contribution in [1.29, 1.82) is 0 Å². The number of carbonyl (C=O) groups is 2. The first kappa shape index (κ1) is 27.2. The van der Waals surface area contributed by atoms with E-state index in [2.05, 4.69) is 58.7 Å². The number of piperazine rings is 1. The van der Waals surface area contributed by atoms with E-state index in [9.17, 15) is 9.59 Å². The predicted molar refractivity (Wildman–Crippen MR) is 148 cm³/mol. The first-order chi connectivity index (χ1) is 18.6. The van der Waals surface area contributed by atoms with Crippen LogP contribution in [0.3, 0.4) is 0 Å². The molecule has 0 aliphatic carbocycles. The lowest BCUT2D eigenvalue weighted by molar-refractivity contribution is -0.135. The van der Waals surface area contributed by atoms with E-state index >= 15 is 0 Å². The number of rotatable bonds is 11. The Bertz CT molecular complexity index is 1140. The Morgan fingerprint density at radius 1 is 0.789 bits per heavy atom. The van der Waals surface area contributed by atoms with E-state index < -0.39 is 0 Å². The molecule has 0 unspecified atom stereocenters. The third kappa shape index (κ3) is 7.13. The molecule has 7 nitrogen and oxygen atoms in total. The molecule has 0 radical (unpaired) electrons. The van der Waals surface area contributed by atoms with Crippen molar-refractivity contribution in [3.05, 3.63) is 95.6 Å². The molecular formula is C31H37N3O4. The van der Waals surface area contributed by atoms with Crippen LogP contribution in [0, 0.1) is 0 Å². The van der Waals surface area contributed by atoms with E-state index in [0.717, 1.165) is 18.7 Å². The van der Waals surface area contributed by atoms with E-state index in [1.807, 2.05) is 35.2 Å². The maximum atomic E-state index is 12.8. The highest BCUT2D eigenvalue weighted by atomic mass is 16.5. The van der Waals surface area contributed by atoms with Gasteiger partial charge in [-0.1, -0.05) is 66.7 Å². The van der Waals surface area contributed by atoms with Gasteiger partial charge in [-0.05, 0) is 35.2 Å². The smallest absolute Gasteiger partial charge is 0.223 e. The summed E-state index contributed by atoms with van der Waals surface area (Å²) in [5.41, 5.74) is 3.55. The van der Waals surface area contributed by atoms with Gasteiger partial charge in [-0.15, -0.1) is 0 Å². The highest BCUT2D eigenvalue weighted by Gasteiger charge is 2.28. The van der Waals surface area contributed by atoms with Crippen molar-refractivity contribution >= 4 is 11.8 Å². The molecule has 1 aliphatic heterocycles. The zero-order chi connectivity index (χ0) is 26.7. The fourth-order valence-corrected chi connectivity index (χ4v) is 4.96. The second kappa shape index (κ2) is 13.6. The second-order valence-corrected chi connectivity index (χ2v) is 9.43. The standard InChI is InChI=1S/C31H37N3O4/c1-37-27-14-13-24(23-28(27)38-2)17-18-32-29(35)15-16-30(36)33-19-21-34(22-20-33)31(25-9-5-3-6-10-25)26-11-7-4-8-12-26/h3-14,23,31H,15-22H2,1-2H3,(H,32,35). The molecule has 1 saturated heterocycles. The fourth-order valence-electron chi connectivity index (χ4n) is 4.96. The Hall–Kier alpha value is -3.84. The molecule has 3 aromatic carbocycles. The summed E-state index contributed by atoms with van der Waals surface area (Å²) in [6.45, 7) is 3.41. The number of hydrogen-bond acceptors (Lipinski definition) is 5. The van der Waals surface area contributed by atoms with Crippen LogP contribution in [0.1, 0.15) is 35.6 Å². The minimum absolute atomic E-state index is 0.0377. The Labute approximate surface area is 225 Å². The summed E-state index contributed by atoms with van der Waals surface area (Å²) in [4.78, 5) is 29.5. The molecule has 2 amide bonds. The highest BCUT2D eigenvalue weighted by Crippen LogP contribution is 2.30. The minimum atomic E-state index is -0.106. The monoisotopic (exact) mass is 515 g/mol. The second-order valence-electron chi connectivity index (χ2n) is 9.43. The first-order valence-electron chi connectivity index (χ1n) is 13.2. The Balaban J connectivity index is 1.22. The van der Waals surface area contributed by atoms with Crippen LogP contribution in [0.25, 0.3) is 0 Å². The van der Waals surface area contributed by atoms with E-state index in [1.54, 1.807) is 14.2 Å². The van der Waals surface area contributed by atoms with Gasteiger partial charge in [-0.25, -0.2) is 0 Å². The SMILES string of the molecule is COc1ccc(CCNC(=O)CCC(=O)N2CCN(C(c3ccccc3)c3ccccc3)CC2)cc1OC. The van der Waals surface area contributed by atoms with Crippen molar-refractivity contribution in [2.45, 2.75) is 25.3 Å². The van der Waals surface area contributed by atoms with Gasteiger partial charge >= 0.3 is 0 Å². The number of ether oxygens (including phenoxy) is 2. The number of nitrogens with zero attached hydrogens (tertiary/aromatic N) is 2. The number of amides is 2. The molecule has 0 atom stereocenters. The molecular weight excluding hydrogens is 478 g/mol. The summed E-state index contributed by atoms with van der Waals surface area (Å²) in [5.74, 6) is 1.28. The van der Waals surface area contributed by atoms with E-state index in [-0.39, 0.29) is 30.7 Å². The van der Waals surface area contributed by atoms with Crippen LogP contribution < -0.4 is 14.8 Å². The zero-order valence-electron chi connectivity index (χ0n) is 22.3. The number of benzene rings is 3. The van der Waals surface area contributed by atoms with E-state index in [4.69, 9.17) is 9.47 Å². The van der Waals surface area contributed by atoms with Crippen molar-refractivity contribution in [3.8, 4) is 11.5 Å². The van der Waals surface area contributed by atoms with E-state index in [1.165, 1.54) is 11.1 Å². The Morgan fingerprint density at radius 3 is 1.97 bits per heavy atom. The number of hydrogen-bond donors (Lipinski definition) is 1. The van der Waals surface area contributed by atoms with Crippen LogP contribution in [0.2, 0.25) is 0 Å². The van der Waals surface area contributed by atoms with Gasteiger partial charge in [0.1, 0.15) is 0 Å². The molecule has 3 aromatic rings. The van der Waals surface area contributed by atoms with Gasteiger partial charge in [0, 0.05) is 45.6 Å². The van der Waals surface area contributed by atoms with Crippen molar-refractivity contribution in [2.24, 2.45) is 0 Å². The lowest BCUT2D eigenvalue weighted by Gasteiger charge is -2.39. The van der Waals surface area contributed by atoms with Gasteiger partial charge in [-0.3, -0.25) is 14.5 Å². The molecule has 0 spiro atoms. The summed E-state index contributed by atoms with van der Waals surface area (Å²) in [5, 5.41) is 2.92. The van der Waals surface area contributed by atoms with Crippen molar-refractivity contribution in [3.63, 3.8) is 0 Å². The van der Waals surface area contributed by atoms with Crippen LogP contribution in [0.4, 0.5) is 0 Å². The largest absolute Gasteiger partial charge is 0.493 e. The van der Waals surface area contributed by atoms with Crippen LogP contribution >= 0.6 is 0 Å². The topological polar surface area (TPSA) is 71.1 Å². The molecule has 4 rings (SSSR count). The van der Waals surface area contributed by atoms with Gasteiger partial charge in [0.25, 0.3) is 0 Å². The number of methoxy groups -OCH3 is 2. The van der Waals surface area contributed by atoms with E-state index in [0.29, 0.717) is 37.6 Å². The normalized spacial score (nSPS) is 13.8. The van der Waals surface area contributed by atoms with Crippen LogP contribution in [-0.4, -0.2) is 68.6 Å². The molecule has 1 heterocycles. The molecule has 0 bridgehead atoms. The molecule has 7 heteroatoms. The van der Waals surface area contributed by atoms with Gasteiger partial charge in [0.05, 0.1) is 20.3 Å².